The summed E-state index contributed by atoms with van der Waals surface area (Å²) in [5.74, 6) is 5.62. The van der Waals surface area contributed by atoms with Gasteiger partial charge in [0.05, 0.1) is 0 Å². The Balaban J connectivity index is 4.12. The van der Waals surface area contributed by atoms with E-state index in [2.05, 4.69) is 6.58 Å². The summed E-state index contributed by atoms with van der Waals surface area (Å²) in [5, 5.41) is 8.62. The van der Waals surface area contributed by atoms with Gasteiger partial charge in [-0.25, -0.2) is 5.84 Å². The van der Waals surface area contributed by atoms with Crippen molar-refractivity contribution in [3.05, 3.63) is 25.1 Å². The molecule has 0 aromatic heterocycles. The van der Waals surface area contributed by atoms with Gasteiger partial charge in [0, 0.05) is 13.2 Å². The zero-order chi connectivity index (χ0) is 8.85. The summed E-state index contributed by atoms with van der Waals surface area (Å²) in [5.41, 5.74) is 0. The molecule has 0 aliphatic carbocycles. The van der Waals surface area contributed by atoms with Crippen LogP contribution in [0.4, 0.5) is 0 Å². The zero-order valence-electron chi connectivity index (χ0n) is 6.91. The van der Waals surface area contributed by atoms with Gasteiger partial charge in [0.1, 0.15) is 0 Å². The lowest BCUT2D eigenvalue weighted by molar-refractivity contribution is 0.491. The van der Waals surface area contributed by atoms with E-state index in [0.29, 0.717) is 0 Å². The quantitative estimate of drug-likeness (QED) is 0.266. The molecule has 0 atom stereocenters. The first-order chi connectivity index (χ1) is 5.13. The van der Waals surface area contributed by atoms with Crippen LogP contribution < -0.4 is 5.84 Å². The summed E-state index contributed by atoms with van der Waals surface area (Å²) < 4.78 is 0. The molecule has 62 valence electrons. The Kier molecular flexibility index (Phi) is 3.98. The van der Waals surface area contributed by atoms with Crippen LogP contribution in [-0.2, 0) is 0 Å². The molecule has 0 bridgehead atoms. The van der Waals surface area contributed by atoms with Gasteiger partial charge in [-0.05, 0) is 13.1 Å². The van der Waals surface area contributed by atoms with Crippen LogP contribution in [0, 0.1) is 5.41 Å². The molecule has 0 spiro atoms. The third kappa shape index (κ3) is 2.86. The van der Waals surface area contributed by atoms with Crippen molar-refractivity contribution in [2.75, 3.05) is 7.05 Å². The number of nitrogens with zero attached hydrogens (tertiary/aromatic N) is 2. The third-order valence-corrected chi connectivity index (χ3v) is 1.16. The van der Waals surface area contributed by atoms with Gasteiger partial charge in [0.15, 0.2) is 0 Å². The minimum atomic E-state index is 0.179. The Morgan fingerprint density at radius 1 is 1.64 bits per heavy atom. The summed E-state index contributed by atoms with van der Waals surface area (Å²) in [6.07, 6.45) is 4.87. The largest absolute Gasteiger partial charge is 0.322 e. The Morgan fingerprint density at radius 2 is 2.18 bits per heavy atom. The number of hydrogen-bond donors (Lipinski definition) is 2. The van der Waals surface area contributed by atoms with Crippen molar-refractivity contribution in [1.29, 1.82) is 5.41 Å². The average molecular weight is 154 g/mol. The van der Waals surface area contributed by atoms with Crippen LogP contribution >= 0.6 is 0 Å². The standard InChI is InChI=1S/C7H14N4/c1-4-6-11(9)7(8)10(3)5-2/h4-6,8H,2,9H2,1,3H3/b6-4-,8-7?. The first kappa shape index (κ1) is 9.71. The number of nitrogens with two attached hydrogens (primary N) is 1. The van der Waals surface area contributed by atoms with Crippen LogP contribution in [0.2, 0.25) is 0 Å². The highest BCUT2D eigenvalue weighted by Gasteiger charge is 2.02. The predicted molar refractivity (Wildman–Crippen MR) is 46.5 cm³/mol. The van der Waals surface area contributed by atoms with Gasteiger partial charge >= 0.3 is 0 Å². The zero-order valence-corrected chi connectivity index (χ0v) is 6.91. The molecule has 0 fully saturated rings. The van der Waals surface area contributed by atoms with E-state index in [1.165, 1.54) is 16.1 Å². The number of hydrazine groups is 1. The van der Waals surface area contributed by atoms with Gasteiger partial charge in [0.25, 0.3) is 0 Å². The predicted octanol–water partition coefficient (Wildman–Crippen LogP) is 0.706. The average Bonchev–Trinajstić information content (AvgIpc) is 2.02. The molecule has 0 aliphatic rings. The normalized spacial score (nSPS) is 9.73. The lowest BCUT2D eigenvalue weighted by Gasteiger charge is -2.20. The molecule has 4 heteroatoms. The Hall–Kier alpha value is -1.29. The third-order valence-electron chi connectivity index (χ3n) is 1.16. The molecular formula is C7H14N4. The fourth-order valence-electron chi connectivity index (χ4n) is 0.500. The molecule has 0 saturated carbocycles. The van der Waals surface area contributed by atoms with E-state index in [-0.39, 0.29) is 5.96 Å². The highest BCUT2D eigenvalue weighted by molar-refractivity contribution is 5.77. The smallest absolute Gasteiger partial charge is 0.216 e. The number of rotatable bonds is 2. The summed E-state index contributed by atoms with van der Waals surface area (Å²) in [7, 11) is 1.71. The van der Waals surface area contributed by atoms with Gasteiger partial charge in [-0.1, -0.05) is 12.7 Å². The maximum Gasteiger partial charge on any atom is 0.216 e. The molecule has 11 heavy (non-hydrogen) atoms. The fraction of sp³-hybridized carbons (Fsp3) is 0.286. The molecule has 0 saturated heterocycles. The van der Waals surface area contributed by atoms with E-state index in [9.17, 15) is 0 Å². The van der Waals surface area contributed by atoms with Crippen molar-refractivity contribution in [3.8, 4) is 0 Å². The van der Waals surface area contributed by atoms with E-state index in [1.807, 2.05) is 6.92 Å². The van der Waals surface area contributed by atoms with Crippen LogP contribution in [-0.4, -0.2) is 22.9 Å². The second-order valence-electron chi connectivity index (χ2n) is 2.01. The first-order valence-electron chi connectivity index (χ1n) is 3.24. The van der Waals surface area contributed by atoms with Crippen LogP contribution in [0.1, 0.15) is 6.92 Å². The first-order valence-corrected chi connectivity index (χ1v) is 3.24. The van der Waals surface area contributed by atoms with E-state index in [1.54, 1.807) is 19.3 Å². The maximum atomic E-state index is 7.41. The van der Waals surface area contributed by atoms with E-state index in [4.69, 9.17) is 11.3 Å². The van der Waals surface area contributed by atoms with E-state index in [0.717, 1.165) is 0 Å². The van der Waals surface area contributed by atoms with Crippen molar-refractivity contribution >= 4 is 5.96 Å². The van der Waals surface area contributed by atoms with Gasteiger partial charge in [0.2, 0.25) is 5.96 Å². The second-order valence-corrected chi connectivity index (χ2v) is 2.01. The Labute approximate surface area is 67.1 Å². The highest BCUT2D eigenvalue weighted by atomic mass is 15.5. The summed E-state index contributed by atoms with van der Waals surface area (Å²) in [6.45, 7) is 5.34. The molecule has 3 N–H and O–H groups in total. The van der Waals surface area contributed by atoms with Crippen molar-refractivity contribution in [1.82, 2.24) is 9.91 Å². The molecule has 0 aliphatic heterocycles. The molecule has 0 heterocycles. The molecule has 0 amide bonds. The summed E-state index contributed by atoms with van der Waals surface area (Å²) in [6, 6.07) is 0. The number of hydrogen-bond acceptors (Lipinski definition) is 2. The lowest BCUT2D eigenvalue weighted by Crippen LogP contribution is -2.40. The molecule has 0 radical (unpaired) electrons. The molecule has 0 aromatic rings. The van der Waals surface area contributed by atoms with Crippen LogP contribution in [0.15, 0.2) is 25.1 Å². The van der Waals surface area contributed by atoms with Crippen LogP contribution in [0.3, 0.4) is 0 Å². The molecular weight excluding hydrogens is 140 g/mol. The van der Waals surface area contributed by atoms with Gasteiger partial charge in [-0.2, -0.15) is 0 Å². The highest BCUT2D eigenvalue weighted by Crippen LogP contribution is 1.89. The Bertz CT molecular complexity index is 173. The van der Waals surface area contributed by atoms with Gasteiger partial charge in [-0.3, -0.25) is 10.4 Å². The van der Waals surface area contributed by atoms with E-state index < -0.39 is 0 Å². The van der Waals surface area contributed by atoms with Gasteiger partial charge in [-0.15, -0.1) is 0 Å². The second kappa shape index (κ2) is 4.51. The molecule has 4 nitrogen and oxygen atoms in total. The summed E-state index contributed by atoms with van der Waals surface area (Å²) >= 11 is 0. The van der Waals surface area contributed by atoms with E-state index >= 15 is 0 Å². The molecule has 0 unspecified atom stereocenters. The van der Waals surface area contributed by atoms with Crippen LogP contribution in [0.25, 0.3) is 0 Å². The minimum absolute atomic E-state index is 0.179. The monoisotopic (exact) mass is 154 g/mol. The van der Waals surface area contributed by atoms with Crippen molar-refractivity contribution < 1.29 is 0 Å². The maximum absolute atomic E-state index is 7.41. The molecule has 0 aromatic carbocycles. The van der Waals surface area contributed by atoms with Crippen molar-refractivity contribution in [2.45, 2.75) is 6.92 Å². The summed E-state index contributed by atoms with van der Waals surface area (Å²) in [4.78, 5) is 1.51. The number of allylic oxidation sites excluding steroid dienone is 1. The fourth-order valence-corrected chi connectivity index (χ4v) is 0.500. The van der Waals surface area contributed by atoms with Crippen molar-refractivity contribution in [2.24, 2.45) is 5.84 Å². The minimum Gasteiger partial charge on any atom is -0.322 e. The van der Waals surface area contributed by atoms with Gasteiger partial charge < -0.3 is 4.90 Å². The van der Waals surface area contributed by atoms with Crippen LogP contribution in [0.5, 0.6) is 0 Å². The topological polar surface area (TPSA) is 56.4 Å². The number of guanidine groups is 1. The SMILES string of the molecule is C=CN(C)C(=N)N(N)/C=C\C. The number of nitrogens with one attached hydrogen (secondary N) is 1. The Morgan fingerprint density at radius 3 is 2.55 bits per heavy atom. The van der Waals surface area contributed by atoms with Crippen molar-refractivity contribution in [3.63, 3.8) is 0 Å². The molecule has 0 rings (SSSR count). The lowest BCUT2D eigenvalue weighted by atomic mass is 10.6.